The van der Waals surface area contributed by atoms with Gasteiger partial charge in [0.05, 0.1) is 10.6 Å². The van der Waals surface area contributed by atoms with E-state index in [2.05, 4.69) is 33.2 Å². The van der Waals surface area contributed by atoms with Crippen LogP contribution in [0, 0.1) is 5.92 Å². The number of halogens is 2. The number of nitrogens with one attached hydrogen (secondary N) is 1. The molecule has 2 rings (SSSR count). The Hall–Kier alpha value is -0.320. The first kappa shape index (κ1) is 14.1. The number of rotatable bonds is 3. The lowest BCUT2D eigenvalue weighted by atomic mass is 9.77. The van der Waals surface area contributed by atoms with Gasteiger partial charge in [-0.3, -0.25) is 0 Å². The molecule has 3 nitrogen and oxygen atoms in total. The molecule has 0 spiro atoms. The van der Waals surface area contributed by atoms with E-state index in [1.54, 1.807) is 6.20 Å². The Bertz CT molecular complexity index is 417. The molecule has 1 heterocycles. The van der Waals surface area contributed by atoms with Gasteiger partial charge in [-0.1, -0.05) is 18.5 Å². The van der Waals surface area contributed by atoms with Gasteiger partial charge in [-0.25, -0.2) is 4.98 Å². The van der Waals surface area contributed by atoms with Gasteiger partial charge in [0.1, 0.15) is 5.82 Å². The molecular weight excluding hydrogens is 314 g/mol. The highest BCUT2D eigenvalue weighted by Gasteiger charge is 2.33. The van der Waals surface area contributed by atoms with E-state index in [-0.39, 0.29) is 5.54 Å². The molecule has 0 saturated heterocycles. The van der Waals surface area contributed by atoms with Gasteiger partial charge in [0.2, 0.25) is 0 Å². The summed E-state index contributed by atoms with van der Waals surface area (Å²) in [5.74, 6) is 1.53. The Labute approximate surface area is 122 Å². The lowest BCUT2D eigenvalue weighted by Crippen LogP contribution is -2.48. The van der Waals surface area contributed by atoms with Gasteiger partial charge in [0.15, 0.2) is 0 Å². The zero-order chi connectivity index (χ0) is 13.2. The number of nitrogens with two attached hydrogens (primary N) is 1. The fourth-order valence-electron chi connectivity index (χ4n) is 2.45. The average Bonchev–Trinajstić information content (AvgIpc) is 2.36. The van der Waals surface area contributed by atoms with Crippen molar-refractivity contribution in [1.82, 2.24) is 4.98 Å². The summed E-state index contributed by atoms with van der Waals surface area (Å²) in [6.45, 7) is 2.92. The Morgan fingerprint density at radius 2 is 2.22 bits per heavy atom. The number of pyridine rings is 1. The van der Waals surface area contributed by atoms with Crippen LogP contribution in [-0.2, 0) is 0 Å². The van der Waals surface area contributed by atoms with Gasteiger partial charge >= 0.3 is 0 Å². The van der Waals surface area contributed by atoms with E-state index in [4.69, 9.17) is 17.3 Å². The second-order valence-corrected chi connectivity index (χ2v) is 6.60. The minimum Gasteiger partial charge on any atom is -0.362 e. The van der Waals surface area contributed by atoms with Crippen LogP contribution in [0.2, 0.25) is 5.02 Å². The van der Waals surface area contributed by atoms with Gasteiger partial charge in [0, 0.05) is 17.2 Å². The quantitative estimate of drug-likeness (QED) is 0.884. The summed E-state index contributed by atoms with van der Waals surface area (Å²) in [5.41, 5.74) is 5.92. The maximum atomic E-state index is 6.20. The zero-order valence-electron chi connectivity index (χ0n) is 10.5. The summed E-state index contributed by atoms with van der Waals surface area (Å²) in [5, 5.41) is 4.11. The Morgan fingerprint density at radius 1 is 1.56 bits per heavy atom. The first-order valence-electron chi connectivity index (χ1n) is 6.34. The van der Waals surface area contributed by atoms with Gasteiger partial charge in [-0.05, 0) is 53.6 Å². The summed E-state index contributed by atoms with van der Waals surface area (Å²) in [6.07, 6.45) is 6.33. The second kappa shape index (κ2) is 5.76. The highest BCUT2D eigenvalue weighted by Crippen LogP contribution is 2.35. The van der Waals surface area contributed by atoms with Gasteiger partial charge in [-0.15, -0.1) is 0 Å². The predicted octanol–water partition coefficient (Wildman–Crippen LogP) is 3.82. The molecule has 1 fully saturated rings. The first-order chi connectivity index (χ1) is 8.54. The third-order valence-corrected chi connectivity index (χ3v) is 4.54. The summed E-state index contributed by atoms with van der Waals surface area (Å²) >= 11 is 9.56. The first-order valence-corrected chi connectivity index (χ1v) is 7.51. The molecular formula is C13H19BrClN3. The van der Waals surface area contributed by atoms with Gasteiger partial charge < -0.3 is 11.1 Å². The second-order valence-electron chi connectivity index (χ2n) is 5.28. The number of hydrogen-bond donors (Lipinski definition) is 2. The lowest BCUT2D eigenvalue weighted by Gasteiger charge is -2.39. The monoisotopic (exact) mass is 331 g/mol. The van der Waals surface area contributed by atoms with Gasteiger partial charge in [-0.2, -0.15) is 0 Å². The normalized spacial score (nSPS) is 28.1. The SMILES string of the molecule is CC1CCC(CN)(Nc2ncc(Br)cc2Cl)CC1. The van der Waals surface area contributed by atoms with Crippen molar-refractivity contribution < 1.29 is 0 Å². The molecule has 0 atom stereocenters. The maximum Gasteiger partial charge on any atom is 0.145 e. The molecule has 100 valence electrons. The Morgan fingerprint density at radius 3 is 2.78 bits per heavy atom. The van der Waals surface area contributed by atoms with Crippen molar-refractivity contribution in [2.75, 3.05) is 11.9 Å². The van der Waals surface area contributed by atoms with Crippen molar-refractivity contribution in [3.63, 3.8) is 0 Å². The molecule has 5 heteroatoms. The van der Waals surface area contributed by atoms with E-state index < -0.39 is 0 Å². The van der Waals surface area contributed by atoms with E-state index in [1.807, 2.05) is 6.07 Å². The largest absolute Gasteiger partial charge is 0.362 e. The van der Waals surface area contributed by atoms with E-state index in [0.29, 0.717) is 11.6 Å². The fraction of sp³-hybridized carbons (Fsp3) is 0.615. The molecule has 0 radical (unpaired) electrons. The summed E-state index contributed by atoms with van der Waals surface area (Å²) in [6, 6.07) is 1.85. The number of nitrogens with zero attached hydrogens (tertiary/aromatic N) is 1. The molecule has 0 unspecified atom stereocenters. The molecule has 0 bridgehead atoms. The number of aromatic nitrogens is 1. The summed E-state index contributed by atoms with van der Waals surface area (Å²) in [4.78, 5) is 4.34. The Kier molecular flexibility index (Phi) is 4.51. The third-order valence-electron chi connectivity index (χ3n) is 3.81. The highest BCUT2D eigenvalue weighted by atomic mass is 79.9. The summed E-state index contributed by atoms with van der Waals surface area (Å²) < 4.78 is 0.886. The van der Waals surface area contributed by atoms with E-state index in [9.17, 15) is 0 Å². The third kappa shape index (κ3) is 3.16. The van der Waals surface area contributed by atoms with Crippen LogP contribution >= 0.6 is 27.5 Å². The molecule has 0 aliphatic heterocycles. The fourth-order valence-corrected chi connectivity index (χ4v) is 3.13. The van der Waals surface area contributed by atoms with Crippen LogP contribution in [0.25, 0.3) is 0 Å². The summed E-state index contributed by atoms with van der Waals surface area (Å²) in [7, 11) is 0. The minimum absolute atomic E-state index is 0.0447. The highest BCUT2D eigenvalue weighted by molar-refractivity contribution is 9.10. The molecule has 1 aromatic heterocycles. The van der Waals surface area contributed by atoms with Crippen molar-refractivity contribution in [2.24, 2.45) is 11.7 Å². The van der Waals surface area contributed by atoms with Crippen LogP contribution in [0.3, 0.4) is 0 Å². The Balaban J connectivity index is 2.15. The maximum absolute atomic E-state index is 6.20. The number of hydrogen-bond acceptors (Lipinski definition) is 3. The molecule has 1 aliphatic rings. The molecule has 1 aliphatic carbocycles. The zero-order valence-corrected chi connectivity index (χ0v) is 12.9. The topological polar surface area (TPSA) is 50.9 Å². The van der Waals surface area contributed by atoms with E-state index in [0.717, 1.165) is 29.1 Å². The molecule has 0 aromatic carbocycles. The standard InChI is InChI=1S/C13H19BrClN3/c1-9-2-4-13(8-16,5-3-9)18-12-11(15)6-10(14)7-17-12/h6-7,9H,2-5,8,16H2,1H3,(H,17,18). The average molecular weight is 333 g/mol. The van der Waals surface area contributed by atoms with Crippen molar-refractivity contribution in [1.29, 1.82) is 0 Å². The van der Waals surface area contributed by atoms with Crippen molar-refractivity contribution in [2.45, 2.75) is 38.1 Å². The molecule has 1 saturated carbocycles. The van der Waals surface area contributed by atoms with Gasteiger partial charge in [0.25, 0.3) is 0 Å². The van der Waals surface area contributed by atoms with Crippen LogP contribution in [0.1, 0.15) is 32.6 Å². The van der Waals surface area contributed by atoms with Crippen molar-refractivity contribution in [3.05, 3.63) is 21.8 Å². The van der Waals surface area contributed by atoms with Crippen molar-refractivity contribution in [3.8, 4) is 0 Å². The van der Waals surface area contributed by atoms with E-state index in [1.165, 1.54) is 12.8 Å². The van der Waals surface area contributed by atoms with Crippen molar-refractivity contribution >= 4 is 33.3 Å². The predicted molar refractivity (Wildman–Crippen MR) is 80.0 cm³/mol. The van der Waals surface area contributed by atoms with Crippen LogP contribution in [-0.4, -0.2) is 17.1 Å². The van der Waals surface area contributed by atoms with Crippen LogP contribution in [0.15, 0.2) is 16.7 Å². The molecule has 0 amide bonds. The molecule has 18 heavy (non-hydrogen) atoms. The smallest absolute Gasteiger partial charge is 0.145 e. The molecule has 1 aromatic rings. The van der Waals surface area contributed by atoms with Crippen LogP contribution < -0.4 is 11.1 Å². The lowest BCUT2D eigenvalue weighted by molar-refractivity contribution is 0.271. The molecule has 3 N–H and O–H groups in total. The number of anilines is 1. The minimum atomic E-state index is -0.0447. The van der Waals surface area contributed by atoms with E-state index >= 15 is 0 Å². The van der Waals surface area contributed by atoms with Crippen LogP contribution in [0.5, 0.6) is 0 Å². The van der Waals surface area contributed by atoms with Crippen LogP contribution in [0.4, 0.5) is 5.82 Å².